The van der Waals surface area contributed by atoms with Crippen LogP contribution in [-0.4, -0.2) is 32.8 Å². The maximum atomic E-state index is 11.4. The maximum Gasteiger partial charge on any atom is 0.303 e. The van der Waals surface area contributed by atoms with Crippen LogP contribution in [0.3, 0.4) is 0 Å². The van der Waals surface area contributed by atoms with E-state index in [1.54, 1.807) is 18.2 Å². The molecular formula is C11H16N2O4S. The molecule has 1 aromatic carbocycles. The fraction of sp³-hybridized carbons (Fsp3) is 0.364. The second-order valence-electron chi connectivity index (χ2n) is 4.02. The Kier molecular flexibility index (Phi) is 4.18. The van der Waals surface area contributed by atoms with Gasteiger partial charge >= 0.3 is 5.97 Å². The van der Waals surface area contributed by atoms with Gasteiger partial charge < -0.3 is 10.8 Å². The molecule has 0 saturated carbocycles. The third-order valence-corrected chi connectivity index (χ3v) is 3.75. The van der Waals surface area contributed by atoms with Crippen LogP contribution in [0.5, 0.6) is 0 Å². The lowest BCUT2D eigenvalue weighted by Crippen LogP contribution is -2.25. The first kappa shape index (κ1) is 14.3. The quantitative estimate of drug-likeness (QED) is 0.768. The van der Waals surface area contributed by atoms with Gasteiger partial charge in [0.2, 0.25) is 10.0 Å². The zero-order chi connectivity index (χ0) is 13.9. The monoisotopic (exact) mass is 272 g/mol. The highest BCUT2D eigenvalue weighted by Crippen LogP contribution is 2.25. The highest BCUT2D eigenvalue weighted by atomic mass is 32.2. The number of sulfonamides is 1. The van der Waals surface area contributed by atoms with Gasteiger partial charge in [0, 0.05) is 13.5 Å². The van der Waals surface area contributed by atoms with Crippen molar-refractivity contribution in [1.29, 1.82) is 0 Å². The van der Waals surface area contributed by atoms with E-state index in [0.717, 1.165) is 16.1 Å². The number of hydrogen-bond acceptors (Lipinski definition) is 4. The summed E-state index contributed by atoms with van der Waals surface area (Å²) in [5.41, 5.74) is 7.15. The smallest absolute Gasteiger partial charge is 0.303 e. The molecule has 0 fully saturated rings. The van der Waals surface area contributed by atoms with Crippen LogP contribution in [0.15, 0.2) is 18.2 Å². The minimum Gasteiger partial charge on any atom is -0.481 e. The van der Waals surface area contributed by atoms with E-state index in [0.29, 0.717) is 17.8 Å². The standard InChI is InChI=1S/C11H16N2O4S/c1-13(18(2,16)17)10-7-8(3-5-9(10)12)4-6-11(14)15/h3,5,7H,4,6,12H2,1-2H3,(H,14,15). The molecule has 0 heterocycles. The molecule has 0 aliphatic rings. The number of carboxylic acid groups (broad SMARTS) is 1. The Morgan fingerprint density at radius 1 is 1.44 bits per heavy atom. The molecule has 0 atom stereocenters. The summed E-state index contributed by atoms with van der Waals surface area (Å²) >= 11 is 0. The summed E-state index contributed by atoms with van der Waals surface area (Å²) in [5.74, 6) is -0.898. The molecule has 3 N–H and O–H groups in total. The van der Waals surface area contributed by atoms with Gasteiger partial charge in [0.1, 0.15) is 0 Å². The molecule has 6 nitrogen and oxygen atoms in total. The number of nitrogen functional groups attached to an aromatic ring is 1. The Morgan fingerprint density at radius 3 is 2.56 bits per heavy atom. The van der Waals surface area contributed by atoms with Gasteiger partial charge in [-0.1, -0.05) is 6.07 Å². The molecule has 0 bridgehead atoms. The number of aryl methyl sites for hydroxylation is 1. The molecule has 1 aromatic rings. The van der Waals surface area contributed by atoms with Crippen LogP contribution in [0.2, 0.25) is 0 Å². The van der Waals surface area contributed by atoms with E-state index in [9.17, 15) is 13.2 Å². The van der Waals surface area contributed by atoms with Crippen molar-refractivity contribution in [2.24, 2.45) is 0 Å². The third kappa shape index (κ3) is 3.63. The number of benzene rings is 1. The molecule has 0 spiro atoms. The average molecular weight is 272 g/mol. The molecule has 0 aliphatic heterocycles. The van der Waals surface area contributed by atoms with Crippen LogP contribution in [0, 0.1) is 0 Å². The van der Waals surface area contributed by atoms with Crippen molar-refractivity contribution in [3.05, 3.63) is 23.8 Å². The molecule has 0 aliphatic carbocycles. The Bertz CT molecular complexity index is 554. The molecule has 0 saturated heterocycles. The first-order chi connectivity index (χ1) is 8.21. The number of anilines is 2. The largest absolute Gasteiger partial charge is 0.481 e. The van der Waals surface area contributed by atoms with Crippen molar-refractivity contribution in [2.45, 2.75) is 12.8 Å². The lowest BCUT2D eigenvalue weighted by atomic mass is 10.1. The fourth-order valence-electron chi connectivity index (χ4n) is 1.45. The van der Waals surface area contributed by atoms with E-state index in [4.69, 9.17) is 10.8 Å². The van der Waals surface area contributed by atoms with Gasteiger partial charge in [-0.05, 0) is 24.1 Å². The number of nitrogens with two attached hydrogens (primary N) is 1. The third-order valence-electron chi connectivity index (χ3n) is 2.56. The average Bonchev–Trinajstić information content (AvgIpc) is 2.25. The van der Waals surface area contributed by atoms with E-state index in [-0.39, 0.29) is 6.42 Å². The molecule has 7 heteroatoms. The number of carboxylic acids is 1. The zero-order valence-corrected chi connectivity index (χ0v) is 11.1. The van der Waals surface area contributed by atoms with Crippen LogP contribution in [0.1, 0.15) is 12.0 Å². The van der Waals surface area contributed by atoms with Crippen LogP contribution in [0.25, 0.3) is 0 Å². The Labute approximate surface area is 106 Å². The van der Waals surface area contributed by atoms with Gasteiger partial charge in [-0.3, -0.25) is 9.10 Å². The summed E-state index contributed by atoms with van der Waals surface area (Å²) in [4.78, 5) is 10.5. The SMILES string of the molecule is CN(c1cc(CCC(=O)O)ccc1N)S(C)(=O)=O. The lowest BCUT2D eigenvalue weighted by Gasteiger charge is -2.19. The number of aliphatic carboxylic acids is 1. The maximum absolute atomic E-state index is 11.4. The summed E-state index contributed by atoms with van der Waals surface area (Å²) in [6, 6.07) is 4.87. The highest BCUT2D eigenvalue weighted by Gasteiger charge is 2.15. The van der Waals surface area contributed by atoms with Crippen LogP contribution < -0.4 is 10.0 Å². The summed E-state index contributed by atoms with van der Waals surface area (Å²) in [7, 11) is -1.98. The molecule has 0 unspecified atom stereocenters. The van der Waals surface area contributed by atoms with Gasteiger partial charge in [0.15, 0.2) is 0 Å². The summed E-state index contributed by atoms with van der Waals surface area (Å²) in [5, 5.41) is 8.61. The molecule has 1 rings (SSSR count). The van der Waals surface area contributed by atoms with Crippen molar-refractivity contribution in [3.63, 3.8) is 0 Å². The van der Waals surface area contributed by atoms with Crippen molar-refractivity contribution in [3.8, 4) is 0 Å². The number of hydrogen-bond donors (Lipinski definition) is 2. The lowest BCUT2D eigenvalue weighted by molar-refractivity contribution is -0.136. The second-order valence-corrected chi connectivity index (χ2v) is 6.03. The highest BCUT2D eigenvalue weighted by molar-refractivity contribution is 7.92. The van der Waals surface area contributed by atoms with Gasteiger partial charge in [0.05, 0.1) is 17.6 Å². The molecule has 0 amide bonds. The first-order valence-corrected chi connectivity index (χ1v) is 7.10. The Balaban J connectivity index is 3.05. The molecule has 18 heavy (non-hydrogen) atoms. The Hall–Kier alpha value is -1.76. The summed E-state index contributed by atoms with van der Waals surface area (Å²) < 4.78 is 24.0. The van der Waals surface area contributed by atoms with Gasteiger partial charge in [-0.2, -0.15) is 0 Å². The molecule has 0 radical (unpaired) electrons. The van der Waals surface area contributed by atoms with E-state index < -0.39 is 16.0 Å². The molecule has 100 valence electrons. The zero-order valence-electron chi connectivity index (χ0n) is 10.3. The van der Waals surface area contributed by atoms with E-state index in [1.807, 2.05) is 0 Å². The van der Waals surface area contributed by atoms with E-state index in [2.05, 4.69) is 0 Å². The van der Waals surface area contributed by atoms with E-state index >= 15 is 0 Å². The van der Waals surface area contributed by atoms with Gasteiger partial charge in [0.25, 0.3) is 0 Å². The van der Waals surface area contributed by atoms with Crippen molar-refractivity contribution in [1.82, 2.24) is 0 Å². The predicted molar refractivity (Wildman–Crippen MR) is 70.1 cm³/mol. The number of rotatable bonds is 5. The fourth-order valence-corrected chi connectivity index (χ4v) is 1.96. The van der Waals surface area contributed by atoms with Crippen molar-refractivity contribution in [2.75, 3.05) is 23.3 Å². The van der Waals surface area contributed by atoms with Crippen molar-refractivity contribution >= 4 is 27.4 Å². The molecular weight excluding hydrogens is 256 g/mol. The summed E-state index contributed by atoms with van der Waals surface area (Å²) in [6.45, 7) is 0. The van der Waals surface area contributed by atoms with E-state index in [1.165, 1.54) is 7.05 Å². The normalized spacial score (nSPS) is 11.2. The van der Waals surface area contributed by atoms with Gasteiger partial charge in [-0.15, -0.1) is 0 Å². The second kappa shape index (κ2) is 5.26. The van der Waals surface area contributed by atoms with Crippen molar-refractivity contribution < 1.29 is 18.3 Å². The minimum absolute atomic E-state index is 0.00799. The van der Waals surface area contributed by atoms with Gasteiger partial charge in [-0.25, -0.2) is 8.42 Å². The molecule has 0 aromatic heterocycles. The van der Waals surface area contributed by atoms with Crippen LogP contribution >= 0.6 is 0 Å². The van der Waals surface area contributed by atoms with Crippen LogP contribution in [-0.2, 0) is 21.2 Å². The predicted octanol–water partition coefficient (Wildman–Crippen LogP) is 0.682. The minimum atomic E-state index is -3.39. The van der Waals surface area contributed by atoms with Crippen LogP contribution in [0.4, 0.5) is 11.4 Å². The topological polar surface area (TPSA) is 101 Å². The summed E-state index contributed by atoms with van der Waals surface area (Å²) in [6.07, 6.45) is 1.41. The number of carbonyl (C=O) groups is 1. The first-order valence-electron chi connectivity index (χ1n) is 5.26. The number of nitrogens with zero attached hydrogens (tertiary/aromatic N) is 1. The Morgan fingerprint density at radius 2 is 2.06 bits per heavy atom.